The number of aromatic nitrogens is 5. The number of hydrogen-bond donors (Lipinski definition) is 0. The lowest BCUT2D eigenvalue weighted by Gasteiger charge is -2.03. The van der Waals surface area contributed by atoms with Crippen molar-refractivity contribution in [3.63, 3.8) is 0 Å². The van der Waals surface area contributed by atoms with Gasteiger partial charge in [0.2, 0.25) is 0 Å². The lowest BCUT2D eigenvalue weighted by molar-refractivity contribution is 0.782. The van der Waals surface area contributed by atoms with Crippen LogP contribution in [0.25, 0.3) is 28.2 Å². The summed E-state index contributed by atoms with van der Waals surface area (Å²) in [5.74, 6) is 0.745. The third-order valence-electron chi connectivity index (χ3n) is 3.53. The van der Waals surface area contributed by atoms with E-state index in [9.17, 15) is 0 Å². The Kier molecular flexibility index (Phi) is 3.37. The lowest BCUT2D eigenvalue weighted by atomic mass is 10.0. The van der Waals surface area contributed by atoms with Gasteiger partial charge in [-0.05, 0) is 29.8 Å². The summed E-state index contributed by atoms with van der Waals surface area (Å²) < 4.78 is 1.67. The minimum absolute atomic E-state index is 0.745. The zero-order valence-electron chi connectivity index (χ0n) is 12.2. The predicted octanol–water partition coefficient (Wildman–Crippen LogP) is 3.39. The van der Waals surface area contributed by atoms with Crippen LogP contribution in [0, 0.1) is 0 Å². The van der Waals surface area contributed by atoms with Crippen LogP contribution < -0.4 is 0 Å². The van der Waals surface area contributed by atoms with E-state index in [4.69, 9.17) is 0 Å². The molecule has 0 atom stereocenters. The molecule has 1 aromatic carbocycles. The second-order valence-corrected chi connectivity index (χ2v) is 5.06. The molecule has 0 unspecified atom stereocenters. The predicted molar refractivity (Wildman–Crippen MR) is 87.8 cm³/mol. The van der Waals surface area contributed by atoms with Crippen LogP contribution in [-0.4, -0.2) is 25.0 Å². The van der Waals surface area contributed by atoms with E-state index in [2.05, 4.69) is 32.4 Å². The van der Waals surface area contributed by atoms with Gasteiger partial charge in [-0.15, -0.1) is 5.10 Å². The molecule has 0 aliphatic heterocycles. The molecule has 23 heavy (non-hydrogen) atoms. The quantitative estimate of drug-likeness (QED) is 0.582. The van der Waals surface area contributed by atoms with Crippen LogP contribution in [-0.2, 0) is 0 Å². The molecule has 0 aliphatic rings. The molecule has 110 valence electrons. The summed E-state index contributed by atoms with van der Waals surface area (Å²) in [6.45, 7) is 0. The van der Waals surface area contributed by atoms with Gasteiger partial charge in [-0.3, -0.25) is 4.98 Å². The van der Waals surface area contributed by atoms with E-state index in [1.165, 1.54) is 0 Å². The maximum atomic E-state index is 4.27. The highest BCUT2D eigenvalue weighted by atomic mass is 15.4. The average molecular weight is 299 g/mol. The second kappa shape index (κ2) is 5.81. The van der Waals surface area contributed by atoms with Gasteiger partial charge in [0, 0.05) is 29.7 Å². The first-order chi connectivity index (χ1) is 11.4. The summed E-state index contributed by atoms with van der Waals surface area (Å²) in [7, 11) is 0. The molecule has 0 spiro atoms. The highest BCUT2D eigenvalue weighted by Gasteiger charge is 2.07. The molecule has 0 saturated carbocycles. The van der Waals surface area contributed by atoms with Crippen LogP contribution in [0.2, 0.25) is 0 Å². The van der Waals surface area contributed by atoms with Gasteiger partial charge in [0.05, 0.1) is 6.20 Å². The smallest absolute Gasteiger partial charge is 0.155 e. The SMILES string of the molecule is c1ccc(-n2cc(-c3cccc(-c4cccnc4)c3)nn2)nc1. The van der Waals surface area contributed by atoms with Gasteiger partial charge in [0.15, 0.2) is 5.82 Å². The summed E-state index contributed by atoms with van der Waals surface area (Å²) in [5.41, 5.74) is 3.99. The molecule has 3 aromatic heterocycles. The maximum Gasteiger partial charge on any atom is 0.155 e. The monoisotopic (exact) mass is 299 g/mol. The van der Waals surface area contributed by atoms with Crippen LogP contribution >= 0.6 is 0 Å². The van der Waals surface area contributed by atoms with Crippen molar-refractivity contribution in [3.8, 4) is 28.2 Å². The zero-order chi connectivity index (χ0) is 15.5. The van der Waals surface area contributed by atoms with Crippen molar-refractivity contribution in [2.45, 2.75) is 0 Å². The number of nitrogens with zero attached hydrogens (tertiary/aromatic N) is 5. The van der Waals surface area contributed by atoms with E-state index >= 15 is 0 Å². The van der Waals surface area contributed by atoms with E-state index in [0.717, 1.165) is 28.2 Å². The molecule has 0 aliphatic carbocycles. The van der Waals surface area contributed by atoms with Crippen molar-refractivity contribution in [3.05, 3.63) is 79.4 Å². The minimum Gasteiger partial charge on any atom is -0.264 e. The first kappa shape index (κ1) is 13.3. The normalized spacial score (nSPS) is 10.6. The van der Waals surface area contributed by atoms with E-state index in [1.807, 2.05) is 54.9 Å². The van der Waals surface area contributed by atoms with Gasteiger partial charge in [-0.25, -0.2) is 9.67 Å². The molecule has 5 nitrogen and oxygen atoms in total. The molecular weight excluding hydrogens is 286 g/mol. The standard InChI is InChI=1S/C18H13N5/c1-2-10-20-18(8-1)23-13-17(21-22-23)15-6-3-5-14(11-15)16-7-4-9-19-12-16/h1-13H. The fourth-order valence-electron chi connectivity index (χ4n) is 2.39. The fourth-order valence-corrected chi connectivity index (χ4v) is 2.39. The highest BCUT2D eigenvalue weighted by Crippen LogP contribution is 2.24. The van der Waals surface area contributed by atoms with Crippen LogP contribution in [0.3, 0.4) is 0 Å². The molecule has 3 heterocycles. The van der Waals surface area contributed by atoms with Gasteiger partial charge in [-0.1, -0.05) is 35.5 Å². The Labute approximate surface area is 133 Å². The zero-order valence-corrected chi connectivity index (χ0v) is 12.2. The Bertz CT molecular complexity index is 916. The van der Waals surface area contributed by atoms with E-state index < -0.39 is 0 Å². The first-order valence-electron chi connectivity index (χ1n) is 7.25. The Morgan fingerprint density at radius 1 is 0.783 bits per heavy atom. The summed E-state index contributed by atoms with van der Waals surface area (Å²) >= 11 is 0. The van der Waals surface area contributed by atoms with Crippen molar-refractivity contribution < 1.29 is 0 Å². The average Bonchev–Trinajstić information content (AvgIpc) is 3.14. The van der Waals surface area contributed by atoms with Gasteiger partial charge < -0.3 is 0 Å². The summed E-state index contributed by atoms with van der Waals surface area (Å²) in [5, 5.41) is 8.41. The first-order valence-corrected chi connectivity index (χ1v) is 7.25. The van der Waals surface area contributed by atoms with Crippen molar-refractivity contribution in [1.82, 2.24) is 25.0 Å². The molecule has 5 heteroatoms. The van der Waals surface area contributed by atoms with E-state index in [1.54, 1.807) is 17.1 Å². The molecule has 0 radical (unpaired) electrons. The number of benzene rings is 1. The summed E-state index contributed by atoms with van der Waals surface area (Å²) in [6, 6.07) is 17.8. The number of hydrogen-bond acceptors (Lipinski definition) is 4. The topological polar surface area (TPSA) is 56.5 Å². The van der Waals surface area contributed by atoms with Crippen molar-refractivity contribution in [2.24, 2.45) is 0 Å². The van der Waals surface area contributed by atoms with Gasteiger partial charge in [0.1, 0.15) is 5.69 Å². The van der Waals surface area contributed by atoms with Crippen LogP contribution in [0.1, 0.15) is 0 Å². The summed E-state index contributed by atoms with van der Waals surface area (Å²) in [6.07, 6.45) is 7.24. The molecule has 0 amide bonds. The maximum absolute atomic E-state index is 4.27. The van der Waals surface area contributed by atoms with Crippen molar-refractivity contribution in [1.29, 1.82) is 0 Å². The van der Waals surface area contributed by atoms with Crippen molar-refractivity contribution in [2.75, 3.05) is 0 Å². The molecule has 4 aromatic rings. The third kappa shape index (κ3) is 2.72. The molecule has 0 bridgehead atoms. The lowest BCUT2D eigenvalue weighted by Crippen LogP contribution is -1.96. The largest absolute Gasteiger partial charge is 0.264 e. The fraction of sp³-hybridized carbons (Fsp3) is 0. The Morgan fingerprint density at radius 3 is 2.52 bits per heavy atom. The second-order valence-electron chi connectivity index (χ2n) is 5.06. The molecule has 0 saturated heterocycles. The van der Waals surface area contributed by atoms with Crippen LogP contribution in [0.5, 0.6) is 0 Å². The van der Waals surface area contributed by atoms with Gasteiger partial charge in [0.25, 0.3) is 0 Å². The highest BCUT2D eigenvalue weighted by molar-refractivity contribution is 5.70. The van der Waals surface area contributed by atoms with Crippen LogP contribution in [0.4, 0.5) is 0 Å². The Hall–Kier alpha value is -3.34. The molecule has 0 N–H and O–H groups in total. The Morgan fingerprint density at radius 2 is 1.70 bits per heavy atom. The number of rotatable bonds is 3. The Balaban J connectivity index is 1.71. The molecule has 0 fully saturated rings. The van der Waals surface area contributed by atoms with Crippen LogP contribution in [0.15, 0.2) is 79.4 Å². The van der Waals surface area contributed by atoms with E-state index in [-0.39, 0.29) is 0 Å². The number of pyridine rings is 2. The summed E-state index contributed by atoms with van der Waals surface area (Å²) in [4.78, 5) is 8.44. The van der Waals surface area contributed by atoms with Crippen molar-refractivity contribution >= 4 is 0 Å². The van der Waals surface area contributed by atoms with Gasteiger partial charge in [-0.2, -0.15) is 0 Å². The molecule has 4 rings (SSSR count). The van der Waals surface area contributed by atoms with Gasteiger partial charge >= 0.3 is 0 Å². The third-order valence-corrected chi connectivity index (χ3v) is 3.53. The minimum atomic E-state index is 0.745. The van der Waals surface area contributed by atoms with E-state index in [0.29, 0.717) is 0 Å². The molecular formula is C18H13N5.